The average Bonchev–Trinajstić information content (AvgIpc) is 2.29. The molecule has 1 aliphatic heterocycles. The number of likely N-dealkylation sites (tertiary alicyclic amines) is 1. The molecule has 0 amide bonds. The molecule has 0 aromatic carbocycles. The van der Waals surface area contributed by atoms with Gasteiger partial charge in [0.05, 0.1) is 0 Å². The van der Waals surface area contributed by atoms with E-state index >= 15 is 0 Å². The van der Waals surface area contributed by atoms with Gasteiger partial charge in [0.2, 0.25) is 0 Å². The second kappa shape index (κ2) is 3.74. The highest BCUT2D eigenvalue weighted by atomic mass is 16.5. The molecule has 1 N–H and O–H groups in total. The molecule has 1 saturated heterocycles. The van der Waals surface area contributed by atoms with Crippen LogP contribution in [0.5, 0.6) is 0 Å². The molecule has 5 nitrogen and oxygen atoms in total. The Balaban J connectivity index is 2.50. The van der Waals surface area contributed by atoms with Crippen LogP contribution in [0.2, 0.25) is 0 Å². The molecule has 0 spiro atoms. The van der Waals surface area contributed by atoms with Gasteiger partial charge in [-0.15, -0.1) is 0 Å². The lowest BCUT2D eigenvalue weighted by Gasteiger charge is -2.12. The number of hydrogen-bond donors (Lipinski definition) is 1. The fraction of sp³-hybridized carbons (Fsp3) is 0.750. The molecule has 2 atom stereocenters. The molecular weight excluding hydrogens is 174 g/mol. The van der Waals surface area contributed by atoms with E-state index in [4.69, 9.17) is 9.84 Å². The van der Waals surface area contributed by atoms with Crippen LogP contribution in [0.4, 0.5) is 0 Å². The number of carbonyl (C=O) groups excluding carboxylic acids is 1. The largest absolute Gasteiger partial charge is 0.480 e. The van der Waals surface area contributed by atoms with Crippen LogP contribution in [0.1, 0.15) is 13.3 Å². The van der Waals surface area contributed by atoms with Crippen molar-refractivity contribution in [1.82, 2.24) is 4.90 Å². The van der Waals surface area contributed by atoms with Crippen molar-refractivity contribution in [3.63, 3.8) is 0 Å². The topological polar surface area (TPSA) is 66.8 Å². The Labute approximate surface area is 76.3 Å². The fourth-order valence-corrected chi connectivity index (χ4v) is 1.56. The number of carbonyl (C=O) groups is 2. The summed E-state index contributed by atoms with van der Waals surface area (Å²) in [6, 6.07) is -0.524. The van der Waals surface area contributed by atoms with Crippen LogP contribution in [0.3, 0.4) is 0 Å². The van der Waals surface area contributed by atoms with Gasteiger partial charge in [-0.1, -0.05) is 0 Å². The molecule has 0 aliphatic carbocycles. The molecule has 1 fully saturated rings. The second-order valence-corrected chi connectivity index (χ2v) is 3.26. The lowest BCUT2D eigenvalue weighted by atomic mass is 10.2. The van der Waals surface area contributed by atoms with E-state index in [1.807, 2.05) is 0 Å². The van der Waals surface area contributed by atoms with Crippen molar-refractivity contribution >= 4 is 11.9 Å². The summed E-state index contributed by atoms with van der Waals surface area (Å²) < 4.78 is 4.92. The van der Waals surface area contributed by atoms with Gasteiger partial charge in [-0.2, -0.15) is 0 Å². The Morgan fingerprint density at radius 3 is 2.54 bits per heavy atom. The SMILES string of the molecule is CC(=O)O[C@@H]1C[C@@H](C(=O)O)N(C)C1. The molecule has 0 aromatic heterocycles. The van der Waals surface area contributed by atoms with Crippen LogP contribution in [0, 0.1) is 0 Å². The number of nitrogens with zero attached hydrogens (tertiary/aromatic N) is 1. The third-order valence-corrected chi connectivity index (χ3v) is 2.13. The van der Waals surface area contributed by atoms with E-state index in [0.29, 0.717) is 13.0 Å². The third-order valence-electron chi connectivity index (χ3n) is 2.13. The van der Waals surface area contributed by atoms with Gasteiger partial charge in [0, 0.05) is 19.9 Å². The van der Waals surface area contributed by atoms with E-state index < -0.39 is 12.0 Å². The zero-order valence-corrected chi connectivity index (χ0v) is 7.69. The van der Waals surface area contributed by atoms with E-state index in [9.17, 15) is 9.59 Å². The summed E-state index contributed by atoms with van der Waals surface area (Å²) in [5, 5.41) is 8.75. The van der Waals surface area contributed by atoms with E-state index in [2.05, 4.69) is 0 Å². The Hall–Kier alpha value is -1.10. The van der Waals surface area contributed by atoms with Gasteiger partial charge >= 0.3 is 11.9 Å². The summed E-state index contributed by atoms with van der Waals surface area (Å²) in [5.41, 5.74) is 0. The van der Waals surface area contributed by atoms with Gasteiger partial charge in [0.15, 0.2) is 0 Å². The van der Waals surface area contributed by atoms with Gasteiger partial charge < -0.3 is 9.84 Å². The van der Waals surface area contributed by atoms with Crippen molar-refractivity contribution in [1.29, 1.82) is 0 Å². The third kappa shape index (κ3) is 2.42. The highest BCUT2D eigenvalue weighted by Crippen LogP contribution is 2.18. The second-order valence-electron chi connectivity index (χ2n) is 3.26. The van der Waals surface area contributed by atoms with Gasteiger partial charge in [-0.3, -0.25) is 14.5 Å². The first kappa shape index (κ1) is 9.98. The first-order valence-electron chi connectivity index (χ1n) is 4.11. The zero-order chi connectivity index (χ0) is 10.0. The maximum absolute atomic E-state index is 10.7. The molecule has 0 unspecified atom stereocenters. The van der Waals surface area contributed by atoms with Crippen LogP contribution >= 0.6 is 0 Å². The quantitative estimate of drug-likeness (QED) is 0.601. The van der Waals surface area contributed by atoms with E-state index in [1.54, 1.807) is 11.9 Å². The molecule has 13 heavy (non-hydrogen) atoms. The minimum atomic E-state index is -0.864. The van der Waals surface area contributed by atoms with E-state index in [1.165, 1.54) is 6.92 Å². The highest BCUT2D eigenvalue weighted by Gasteiger charge is 2.35. The van der Waals surface area contributed by atoms with Crippen molar-refractivity contribution in [3.05, 3.63) is 0 Å². The summed E-state index contributed by atoms with van der Waals surface area (Å²) in [4.78, 5) is 22.9. The molecule has 0 saturated carbocycles. The summed E-state index contributed by atoms with van der Waals surface area (Å²) >= 11 is 0. The molecule has 74 valence electrons. The predicted octanol–water partition coefficient (Wildman–Crippen LogP) is -0.293. The van der Waals surface area contributed by atoms with Crippen molar-refractivity contribution in [2.24, 2.45) is 0 Å². The Morgan fingerprint density at radius 2 is 2.15 bits per heavy atom. The van der Waals surface area contributed by atoms with Crippen LogP contribution in [0.15, 0.2) is 0 Å². The molecule has 0 radical (unpaired) electrons. The molecule has 1 heterocycles. The minimum Gasteiger partial charge on any atom is -0.480 e. The Morgan fingerprint density at radius 1 is 1.54 bits per heavy atom. The summed E-state index contributed by atoms with van der Waals surface area (Å²) in [7, 11) is 1.71. The van der Waals surface area contributed by atoms with Crippen molar-refractivity contribution in [3.8, 4) is 0 Å². The molecule has 1 rings (SSSR count). The number of likely N-dealkylation sites (N-methyl/N-ethyl adjacent to an activating group) is 1. The van der Waals surface area contributed by atoms with Gasteiger partial charge in [-0.25, -0.2) is 0 Å². The van der Waals surface area contributed by atoms with Crippen molar-refractivity contribution in [2.45, 2.75) is 25.5 Å². The summed E-state index contributed by atoms with van der Waals surface area (Å²) in [5.74, 6) is -1.22. The number of esters is 1. The Bertz CT molecular complexity index is 228. The minimum absolute atomic E-state index is 0.274. The summed E-state index contributed by atoms with van der Waals surface area (Å²) in [6.45, 7) is 1.82. The number of aliphatic carboxylic acids is 1. The van der Waals surface area contributed by atoms with E-state index in [0.717, 1.165) is 0 Å². The Kier molecular flexibility index (Phi) is 2.87. The number of ether oxygens (including phenoxy) is 1. The fourth-order valence-electron chi connectivity index (χ4n) is 1.56. The van der Waals surface area contributed by atoms with Crippen molar-refractivity contribution in [2.75, 3.05) is 13.6 Å². The number of carboxylic acids is 1. The number of carboxylic acid groups (broad SMARTS) is 1. The lowest BCUT2D eigenvalue weighted by molar-refractivity contribution is -0.146. The average molecular weight is 187 g/mol. The predicted molar refractivity (Wildman–Crippen MR) is 44.2 cm³/mol. The first-order valence-corrected chi connectivity index (χ1v) is 4.11. The first-order chi connectivity index (χ1) is 6.00. The van der Waals surface area contributed by atoms with Crippen LogP contribution in [-0.4, -0.2) is 47.7 Å². The number of hydrogen-bond acceptors (Lipinski definition) is 4. The van der Waals surface area contributed by atoms with Gasteiger partial charge in [-0.05, 0) is 7.05 Å². The normalized spacial score (nSPS) is 28.8. The van der Waals surface area contributed by atoms with Crippen LogP contribution < -0.4 is 0 Å². The summed E-state index contributed by atoms with van der Waals surface area (Å²) in [6.07, 6.45) is 0.106. The molecule has 1 aliphatic rings. The van der Waals surface area contributed by atoms with Crippen molar-refractivity contribution < 1.29 is 19.4 Å². The monoisotopic (exact) mass is 187 g/mol. The maximum atomic E-state index is 10.7. The van der Waals surface area contributed by atoms with E-state index in [-0.39, 0.29) is 12.1 Å². The standard InChI is InChI=1S/C8H13NO4/c1-5(10)13-6-3-7(8(11)12)9(2)4-6/h6-7H,3-4H2,1-2H3,(H,11,12)/t6-,7+/m1/s1. The maximum Gasteiger partial charge on any atom is 0.321 e. The zero-order valence-electron chi connectivity index (χ0n) is 7.69. The number of rotatable bonds is 2. The molecular formula is C8H13NO4. The van der Waals surface area contributed by atoms with Gasteiger partial charge in [0.1, 0.15) is 12.1 Å². The molecule has 0 aromatic rings. The lowest BCUT2D eigenvalue weighted by Crippen LogP contribution is -2.32. The molecule has 0 bridgehead atoms. The smallest absolute Gasteiger partial charge is 0.321 e. The van der Waals surface area contributed by atoms with Gasteiger partial charge in [0.25, 0.3) is 0 Å². The molecule has 5 heteroatoms. The highest BCUT2D eigenvalue weighted by molar-refractivity contribution is 5.74. The van der Waals surface area contributed by atoms with Crippen LogP contribution in [0.25, 0.3) is 0 Å². The van der Waals surface area contributed by atoms with Crippen LogP contribution in [-0.2, 0) is 14.3 Å².